The molecule has 0 spiro atoms. The molecule has 0 radical (unpaired) electrons. The summed E-state index contributed by atoms with van der Waals surface area (Å²) in [5.41, 5.74) is 1.00. The van der Waals surface area contributed by atoms with Gasteiger partial charge in [-0.3, -0.25) is 4.90 Å². The van der Waals surface area contributed by atoms with Gasteiger partial charge in [-0.05, 0) is 66.9 Å². The lowest BCUT2D eigenvalue weighted by Crippen LogP contribution is -2.52. The molecule has 1 fully saturated rings. The van der Waals surface area contributed by atoms with Crippen LogP contribution in [0.25, 0.3) is 0 Å². The van der Waals surface area contributed by atoms with E-state index < -0.39 is 10.0 Å². The molecule has 2 heterocycles. The van der Waals surface area contributed by atoms with Gasteiger partial charge in [0.2, 0.25) is 10.0 Å². The Morgan fingerprint density at radius 3 is 2.25 bits per heavy atom. The molecule has 4 rings (SSSR count). The number of hydrogen-bond donors (Lipinski definition) is 1. The van der Waals surface area contributed by atoms with E-state index in [2.05, 4.69) is 36.5 Å². The van der Waals surface area contributed by atoms with Crippen LogP contribution in [0.1, 0.15) is 17.8 Å². The van der Waals surface area contributed by atoms with Crippen molar-refractivity contribution in [2.75, 3.05) is 31.1 Å². The van der Waals surface area contributed by atoms with Crippen LogP contribution in [0, 0.1) is 5.82 Å². The number of benzene rings is 2. The van der Waals surface area contributed by atoms with E-state index in [9.17, 15) is 12.8 Å². The summed E-state index contributed by atoms with van der Waals surface area (Å²) in [5.74, 6) is -0.239. The minimum atomic E-state index is -3.65. The molecule has 0 amide bonds. The zero-order chi connectivity index (χ0) is 22.7. The van der Waals surface area contributed by atoms with E-state index in [1.165, 1.54) is 12.1 Å². The molecular formula is C23H25BrFN3O2S2. The van der Waals surface area contributed by atoms with E-state index in [4.69, 9.17) is 0 Å². The highest BCUT2D eigenvalue weighted by Crippen LogP contribution is 2.31. The summed E-state index contributed by atoms with van der Waals surface area (Å²) in [7, 11) is -3.65. The number of hydrogen-bond acceptors (Lipinski definition) is 5. The first kappa shape index (κ1) is 23.4. The van der Waals surface area contributed by atoms with E-state index in [0.29, 0.717) is 0 Å². The lowest BCUT2D eigenvalue weighted by atomic mass is 10.1. The van der Waals surface area contributed by atoms with Gasteiger partial charge in [-0.15, -0.1) is 11.3 Å². The van der Waals surface area contributed by atoms with Crippen molar-refractivity contribution >= 4 is 43.0 Å². The molecule has 1 aromatic heterocycles. The van der Waals surface area contributed by atoms with Crippen LogP contribution in [-0.2, 0) is 10.0 Å². The van der Waals surface area contributed by atoms with Crippen LogP contribution >= 0.6 is 27.3 Å². The summed E-state index contributed by atoms with van der Waals surface area (Å²) >= 11 is 4.98. The molecule has 2 aromatic carbocycles. The minimum Gasteiger partial charge on any atom is -0.369 e. The first-order valence-electron chi connectivity index (χ1n) is 10.4. The lowest BCUT2D eigenvalue weighted by molar-refractivity contribution is 0.164. The van der Waals surface area contributed by atoms with Gasteiger partial charge in [-0.2, -0.15) is 0 Å². The Morgan fingerprint density at radius 1 is 1.00 bits per heavy atom. The number of anilines is 1. The molecule has 9 heteroatoms. The average Bonchev–Trinajstić information content (AvgIpc) is 3.29. The fraction of sp³-hybridized carbons (Fsp3) is 0.304. The van der Waals surface area contributed by atoms with Gasteiger partial charge in [0, 0.05) is 47.3 Å². The summed E-state index contributed by atoms with van der Waals surface area (Å²) in [4.78, 5) is 5.95. The maximum Gasteiger partial charge on any atom is 0.240 e. The number of sulfonamides is 1. The van der Waals surface area contributed by atoms with Crippen LogP contribution in [-0.4, -0.2) is 45.5 Å². The monoisotopic (exact) mass is 537 g/mol. The van der Waals surface area contributed by atoms with Gasteiger partial charge in [0.05, 0.1) is 10.9 Å². The van der Waals surface area contributed by atoms with Crippen molar-refractivity contribution in [1.29, 1.82) is 0 Å². The first-order chi connectivity index (χ1) is 15.3. The van der Waals surface area contributed by atoms with Crippen LogP contribution in [0.15, 0.2) is 75.4 Å². The third-order valence-electron chi connectivity index (χ3n) is 5.67. The van der Waals surface area contributed by atoms with Crippen molar-refractivity contribution in [3.8, 4) is 0 Å². The molecule has 170 valence electrons. The van der Waals surface area contributed by atoms with E-state index >= 15 is 0 Å². The number of nitrogens with one attached hydrogen (secondary N) is 1. The summed E-state index contributed by atoms with van der Waals surface area (Å²) < 4.78 is 43.0. The van der Waals surface area contributed by atoms with Crippen LogP contribution in [0.3, 0.4) is 0 Å². The molecule has 1 saturated heterocycles. The number of thiophene rings is 1. The zero-order valence-corrected chi connectivity index (χ0v) is 20.8. The Morgan fingerprint density at radius 2 is 1.66 bits per heavy atom. The van der Waals surface area contributed by atoms with Gasteiger partial charge in [-0.25, -0.2) is 17.5 Å². The fourth-order valence-corrected chi connectivity index (χ4v) is 6.58. The molecule has 1 N–H and O–H groups in total. The molecular weight excluding hydrogens is 513 g/mol. The van der Waals surface area contributed by atoms with E-state index in [-0.39, 0.29) is 22.8 Å². The van der Waals surface area contributed by atoms with Crippen LogP contribution in [0.5, 0.6) is 0 Å². The highest BCUT2D eigenvalue weighted by molar-refractivity contribution is 9.10. The summed E-state index contributed by atoms with van der Waals surface area (Å²) in [6.45, 7) is 5.07. The minimum absolute atomic E-state index is 0.0735. The van der Waals surface area contributed by atoms with Crippen molar-refractivity contribution in [1.82, 2.24) is 9.62 Å². The molecule has 0 unspecified atom stereocenters. The normalized spacial score (nSPS) is 17.3. The van der Waals surface area contributed by atoms with Crippen LogP contribution in [0.2, 0.25) is 0 Å². The number of piperazine rings is 1. The summed E-state index contributed by atoms with van der Waals surface area (Å²) in [6.07, 6.45) is 0. The van der Waals surface area contributed by atoms with E-state index in [0.717, 1.165) is 41.2 Å². The summed E-state index contributed by atoms with van der Waals surface area (Å²) in [6, 6.07) is 16.9. The molecule has 3 aromatic rings. The van der Waals surface area contributed by atoms with Crippen molar-refractivity contribution in [2.24, 2.45) is 0 Å². The average molecular weight is 539 g/mol. The zero-order valence-electron chi connectivity index (χ0n) is 17.6. The topological polar surface area (TPSA) is 52.7 Å². The standard InChI is InChI=1S/C23H25BrFN3O2S2/c1-17(26-32(29,30)21-10-4-18(24)5-11-21)23(22-3-2-16-31-22)28-14-12-27(13-15-28)20-8-6-19(25)7-9-20/h2-11,16-17,23,26H,12-15H2,1H3/t17-,23+/m1/s1. The Balaban J connectivity index is 1.49. The summed E-state index contributed by atoms with van der Waals surface area (Å²) in [5, 5.41) is 2.02. The van der Waals surface area contributed by atoms with Gasteiger partial charge in [-0.1, -0.05) is 22.0 Å². The van der Waals surface area contributed by atoms with Gasteiger partial charge < -0.3 is 4.90 Å². The molecule has 5 nitrogen and oxygen atoms in total. The second-order valence-corrected chi connectivity index (χ2v) is 11.4. The third kappa shape index (κ3) is 5.40. The van der Waals surface area contributed by atoms with Gasteiger partial charge in [0.15, 0.2) is 0 Å². The second kappa shape index (κ2) is 10.0. The predicted molar refractivity (Wildman–Crippen MR) is 131 cm³/mol. The van der Waals surface area contributed by atoms with Gasteiger partial charge in [0.25, 0.3) is 0 Å². The van der Waals surface area contributed by atoms with Crippen LogP contribution < -0.4 is 9.62 Å². The molecule has 32 heavy (non-hydrogen) atoms. The van der Waals surface area contributed by atoms with Crippen LogP contribution in [0.4, 0.5) is 10.1 Å². The smallest absolute Gasteiger partial charge is 0.240 e. The highest BCUT2D eigenvalue weighted by atomic mass is 79.9. The SMILES string of the molecule is C[C@@H](NS(=O)(=O)c1ccc(Br)cc1)[C@@H](c1cccs1)N1CCN(c2ccc(F)cc2)CC1. The van der Waals surface area contributed by atoms with E-state index in [1.807, 2.05) is 18.4 Å². The Labute approximate surface area is 201 Å². The van der Waals surface area contributed by atoms with Gasteiger partial charge in [0.1, 0.15) is 5.82 Å². The molecule has 1 aliphatic rings. The predicted octanol–water partition coefficient (Wildman–Crippen LogP) is 4.88. The fourth-order valence-electron chi connectivity index (χ4n) is 4.10. The second-order valence-electron chi connectivity index (χ2n) is 7.82. The van der Waals surface area contributed by atoms with E-state index in [1.54, 1.807) is 47.7 Å². The van der Waals surface area contributed by atoms with Crippen molar-refractivity contribution in [2.45, 2.75) is 23.9 Å². The molecule has 0 aliphatic carbocycles. The number of nitrogens with zero attached hydrogens (tertiary/aromatic N) is 2. The Kier molecular flexibility index (Phi) is 7.31. The molecule has 2 atom stereocenters. The van der Waals surface area contributed by atoms with Crippen molar-refractivity contribution in [3.05, 3.63) is 81.2 Å². The molecule has 1 aliphatic heterocycles. The third-order valence-corrected chi connectivity index (χ3v) is 8.72. The number of halogens is 2. The Hall–Kier alpha value is -1.78. The highest BCUT2D eigenvalue weighted by Gasteiger charge is 2.32. The number of rotatable bonds is 7. The lowest BCUT2D eigenvalue weighted by Gasteiger charge is -2.42. The van der Waals surface area contributed by atoms with Gasteiger partial charge >= 0.3 is 0 Å². The first-order valence-corrected chi connectivity index (χ1v) is 13.5. The van der Waals surface area contributed by atoms with Crippen molar-refractivity contribution in [3.63, 3.8) is 0 Å². The Bertz CT molecular complexity index is 1120. The maximum atomic E-state index is 13.3. The largest absolute Gasteiger partial charge is 0.369 e. The quantitative estimate of drug-likeness (QED) is 0.466. The molecule has 0 bridgehead atoms. The molecule has 0 saturated carbocycles. The maximum absolute atomic E-state index is 13.3. The van der Waals surface area contributed by atoms with Crippen molar-refractivity contribution < 1.29 is 12.8 Å².